The first-order chi connectivity index (χ1) is 14.8. The molecule has 3 aliphatic rings. The van der Waals surface area contributed by atoms with Gasteiger partial charge in [-0.3, -0.25) is 19.3 Å². The van der Waals surface area contributed by atoms with E-state index in [4.69, 9.17) is 17.2 Å². The van der Waals surface area contributed by atoms with Crippen LogP contribution in [0.3, 0.4) is 0 Å². The van der Waals surface area contributed by atoms with Crippen molar-refractivity contribution in [3.8, 4) is 5.75 Å². The Hall–Kier alpha value is -3.57. The number of nitrogens with two attached hydrogens (primary N) is 3. The average molecular weight is 444 g/mol. The average Bonchev–Trinajstić information content (AvgIpc) is 2.68. The largest absolute Gasteiger partial charge is 0.508 e. The first kappa shape index (κ1) is 21.7. The molecule has 32 heavy (non-hydrogen) atoms. The number of fused-ring (bicyclic) bond motifs is 3. The summed E-state index contributed by atoms with van der Waals surface area (Å²) in [6.45, 7) is 0. The van der Waals surface area contributed by atoms with E-state index in [2.05, 4.69) is 0 Å². The Morgan fingerprint density at radius 1 is 1.16 bits per heavy atom. The number of benzene rings is 1. The predicted octanol–water partition coefficient (Wildman–Crippen LogP) is -0.872. The summed E-state index contributed by atoms with van der Waals surface area (Å²) in [7, 11) is 3.07. The Bertz CT molecular complexity index is 1170. The van der Waals surface area contributed by atoms with E-state index in [-0.39, 0.29) is 35.4 Å². The molecule has 0 bridgehead atoms. The van der Waals surface area contributed by atoms with Crippen LogP contribution in [0.4, 0.5) is 11.4 Å². The molecule has 0 aliphatic heterocycles. The third kappa shape index (κ3) is 2.52. The van der Waals surface area contributed by atoms with Crippen molar-refractivity contribution in [2.75, 3.05) is 25.6 Å². The van der Waals surface area contributed by atoms with Crippen molar-refractivity contribution in [3.63, 3.8) is 0 Å². The van der Waals surface area contributed by atoms with Crippen LogP contribution in [0.1, 0.15) is 17.5 Å². The maximum absolute atomic E-state index is 13.6. The fourth-order valence-electron chi connectivity index (χ4n) is 5.36. The molecule has 4 atom stereocenters. The molecule has 11 heteroatoms. The Labute approximate surface area is 182 Å². The minimum absolute atomic E-state index is 0.00363. The molecule has 1 aromatic carbocycles. The normalized spacial score (nSPS) is 29.7. The van der Waals surface area contributed by atoms with Gasteiger partial charge in [0, 0.05) is 17.2 Å². The molecular weight excluding hydrogens is 420 g/mol. The Kier molecular flexibility index (Phi) is 4.54. The van der Waals surface area contributed by atoms with Gasteiger partial charge < -0.3 is 37.6 Å². The third-order valence-electron chi connectivity index (χ3n) is 6.78. The summed E-state index contributed by atoms with van der Waals surface area (Å²) in [5.41, 5.74) is 13.6. The van der Waals surface area contributed by atoms with Crippen LogP contribution in [0.25, 0.3) is 5.76 Å². The lowest BCUT2D eigenvalue weighted by Gasteiger charge is -2.50. The van der Waals surface area contributed by atoms with Gasteiger partial charge in [0.05, 0.1) is 17.3 Å². The van der Waals surface area contributed by atoms with E-state index in [0.717, 1.165) is 0 Å². The summed E-state index contributed by atoms with van der Waals surface area (Å²) in [6.07, 6.45) is 0.116. The summed E-state index contributed by atoms with van der Waals surface area (Å²) in [5, 5.41) is 43.6. The maximum Gasteiger partial charge on any atom is 0.255 e. The fourth-order valence-corrected chi connectivity index (χ4v) is 5.36. The number of ketones is 2. The molecule has 1 amide bonds. The minimum Gasteiger partial charge on any atom is -0.508 e. The molecule has 0 heterocycles. The zero-order valence-corrected chi connectivity index (χ0v) is 17.4. The van der Waals surface area contributed by atoms with Gasteiger partial charge in [0.15, 0.2) is 11.4 Å². The molecule has 11 nitrogen and oxygen atoms in total. The minimum atomic E-state index is -2.67. The number of phenols is 1. The van der Waals surface area contributed by atoms with Crippen molar-refractivity contribution < 1.29 is 34.8 Å². The summed E-state index contributed by atoms with van der Waals surface area (Å²) < 4.78 is 0. The van der Waals surface area contributed by atoms with Crippen LogP contribution in [0, 0.1) is 11.8 Å². The molecular formula is C21H24N4O7. The molecule has 0 spiro atoms. The lowest BCUT2D eigenvalue weighted by molar-refractivity contribution is -0.153. The van der Waals surface area contributed by atoms with Gasteiger partial charge in [0.1, 0.15) is 22.8 Å². The second kappa shape index (κ2) is 6.71. The monoisotopic (exact) mass is 444 g/mol. The standard InChI is InChI=1S/C21H24N4O7/c1-25(2)14-8-4-6-3-7-9(22)5-10(23)15(26)12(7)16(27)11(6)18(29)21(8,32)19(30)13(17(14)28)20(24)31/h5-6,8,14,26-27,30,32H,3-4,22-23H2,1-2H3,(H2,24,31). The number of hydrogen-bond donors (Lipinski definition) is 7. The van der Waals surface area contributed by atoms with Crippen molar-refractivity contribution in [3.05, 3.63) is 34.1 Å². The summed E-state index contributed by atoms with van der Waals surface area (Å²) in [4.78, 5) is 39.9. The number of primary amides is 1. The van der Waals surface area contributed by atoms with E-state index in [0.29, 0.717) is 5.56 Å². The van der Waals surface area contributed by atoms with E-state index < -0.39 is 63.8 Å². The molecule has 1 aromatic rings. The first-order valence-corrected chi connectivity index (χ1v) is 9.88. The van der Waals surface area contributed by atoms with Crippen molar-refractivity contribution in [2.24, 2.45) is 17.6 Å². The lowest BCUT2D eigenvalue weighted by atomic mass is 9.57. The molecule has 4 rings (SSSR count). The Balaban J connectivity index is 2.00. The number of aromatic hydroxyl groups is 1. The molecule has 0 aromatic heterocycles. The summed E-state index contributed by atoms with van der Waals surface area (Å²) in [5.74, 6) is -7.22. The van der Waals surface area contributed by atoms with Crippen LogP contribution in [-0.4, -0.2) is 68.5 Å². The van der Waals surface area contributed by atoms with Crippen LogP contribution in [-0.2, 0) is 20.8 Å². The number of hydrogen-bond acceptors (Lipinski definition) is 10. The highest BCUT2D eigenvalue weighted by Crippen LogP contribution is 2.53. The smallest absolute Gasteiger partial charge is 0.255 e. The Morgan fingerprint density at radius 3 is 2.34 bits per heavy atom. The number of carbonyl (C=O) groups excluding carboxylic acids is 3. The highest BCUT2D eigenvalue weighted by Gasteiger charge is 2.64. The first-order valence-electron chi connectivity index (χ1n) is 9.88. The molecule has 10 N–H and O–H groups in total. The van der Waals surface area contributed by atoms with Gasteiger partial charge in [-0.1, -0.05) is 0 Å². The molecule has 0 saturated heterocycles. The van der Waals surface area contributed by atoms with E-state index in [1.165, 1.54) is 25.1 Å². The number of likely N-dealkylation sites (N-methyl/N-ethyl adjacent to an activating group) is 1. The van der Waals surface area contributed by atoms with Gasteiger partial charge >= 0.3 is 0 Å². The van der Waals surface area contributed by atoms with Crippen LogP contribution >= 0.6 is 0 Å². The number of aliphatic hydroxyl groups excluding tert-OH is 2. The van der Waals surface area contributed by atoms with Crippen LogP contribution in [0.2, 0.25) is 0 Å². The molecule has 3 aliphatic carbocycles. The number of nitrogen functional groups attached to an aromatic ring is 2. The van der Waals surface area contributed by atoms with Crippen LogP contribution in [0.15, 0.2) is 23.0 Å². The zero-order chi connectivity index (χ0) is 23.9. The number of phenolic OH excluding ortho intramolecular Hbond substituents is 1. The second-order valence-corrected chi connectivity index (χ2v) is 8.72. The summed E-state index contributed by atoms with van der Waals surface area (Å²) >= 11 is 0. The quantitative estimate of drug-likeness (QED) is 0.129. The molecule has 170 valence electrons. The van der Waals surface area contributed by atoms with Gasteiger partial charge in [-0.05, 0) is 44.5 Å². The van der Waals surface area contributed by atoms with Gasteiger partial charge in [0.25, 0.3) is 5.91 Å². The van der Waals surface area contributed by atoms with Crippen molar-refractivity contribution in [2.45, 2.75) is 24.5 Å². The van der Waals surface area contributed by atoms with E-state index in [1.807, 2.05) is 0 Å². The fraction of sp³-hybridized carbons (Fsp3) is 0.381. The second-order valence-electron chi connectivity index (χ2n) is 8.72. The molecule has 0 radical (unpaired) electrons. The van der Waals surface area contributed by atoms with E-state index in [9.17, 15) is 34.8 Å². The topological polar surface area (TPSA) is 213 Å². The molecule has 4 unspecified atom stereocenters. The molecule has 1 fully saturated rings. The van der Waals surface area contributed by atoms with E-state index in [1.54, 1.807) is 0 Å². The van der Waals surface area contributed by atoms with Crippen LogP contribution < -0.4 is 17.2 Å². The van der Waals surface area contributed by atoms with Gasteiger partial charge in [-0.2, -0.15) is 0 Å². The highest BCUT2D eigenvalue weighted by atomic mass is 16.3. The van der Waals surface area contributed by atoms with Crippen molar-refractivity contribution >= 4 is 34.6 Å². The number of carbonyl (C=O) groups is 3. The molecule has 1 saturated carbocycles. The number of anilines is 2. The van der Waals surface area contributed by atoms with Crippen molar-refractivity contribution in [1.29, 1.82) is 0 Å². The van der Waals surface area contributed by atoms with Gasteiger partial charge in [0.2, 0.25) is 5.78 Å². The number of amides is 1. The van der Waals surface area contributed by atoms with Gasteiger partial charge in [-0.25, -0.2) is 0 Å². The van der Waals surface area contributed by atoms with E-state index >= 15 is 0 Å². The van der Waals surface area contributed by atoms with Crippen LogP contribution in [0.5, 0.6) is 5.75 Å². The number of Topliss-reactive ketones (excluding diaryl/α,β-unsaturated/α-hetero) is 2. The van der Waals surface area contributed by atoms with Gasteiger partial charge in [-0.15, -0.1) is 0 Å². The zero-order valence-electron chi connectivity index (χ0n) is 17.4. The summed E-state index contributed by atoms with van der Waals surface area (Å²) in [6, 6.07) is 0.207. The maximum atomic E-state index is 13.6. The number of rotatable bonds is 2. The number of nitrogens with zero attached hydrogens (tertiary/aromatic N) is 1. The predicted molar refractivity (Wildman–Crippen MR) is 113 cm³/mol. The third-order valence-corrected chi connectivity index (χ3v) is 6.78. The number of aliphatic hydroxyl groups is 3. The van der Waals surface area contributed by atoms with Crippen molar-refractivity contribution in [1.82, 2.24) is 4.90 Å². The highest BCUT2D eigenvalue weighted by molar-refractivity contribution is 6.24. The SMILES string of the molecule is CN(C)C1C(=O)C(C(N)=O)=C(O)C2(O)C(=O)C3=C(O)c4c(O)c(N)cc(N)c4CC3CC12. The lowest BCUT2D eigenvalue weighted by Crippen LogP contribution is -2.65. The Morgan fingerprint density at radius 2 is 1.78 bits per heavy atom.